The zero-order chi connectivity index (χ0) is 104. The van der Waals surface area contributed by atoms with Crippen LogP contribution in [0, 0.1) is 78.7 Å². The zero-order valence-corrected chi connectivity index (χ0v) is 88.7. The Labute approximate surface area is 857 Å². The largest absolute Gasteiger partial charge is 0.494 e. The van der Waals surface area contributed by atoms with Gasteiger partial charge in [-0.2, -0.15) is 13.2 Å². The number of carbonyl (C=O) groups excluding carboxylic acids is 3. The summed E-state index contributed by atoms with van der Waals surface area (Å²) in [7, 11) is 1.32. The number of nitro benzene ring substituents is 4. The molecule has 15 rings (SSSR count). The summed E-state index contributed by atoms with van der Waals surface area (Å²) in [6.45, 7) is 38.2. The third kappa shape index (κ3) is 27.6. The molecule has 744 valence electrons. The number of fused-ring (bicyclic) bond motifs is 3. The van der Waals surface area contributed by atoms with Gasteiger partial charge < -0.3 is 47.9 Å². The molecule has 0 unspecified atom stereocenters. The van der Waals surface area contributed by atoms with E-state index in [2.05, 4.69) is 47.1 Å². The molecule has 0 bridgehead atoms. The Morgan fingerprint density at radius 3 is 1.14 bits per heavy atom. The zero-order valence-electron chi connectivity index (χ0n) is 80.8. The number of likely N-dealkylation sites (tertiary alicyclic amines) is 1. The summed E-state index contributed by atoms with van der Waals surface area (Å²) in [5, 5.41) is 50.0. The summed E-state index contributed by atoms with van der Waals surface area (Å²) >= 11 is 29.3. The van der Waals surface area contributed by atoms with Crippen LogP contribution in [0.2, 0.25) is 15.1 Å². The predicted molar refractivity (Wildman–Crippen MR) is 556 cm³/mol. The molecule has 2 saturated heterocycles. The Kier molecular flexibility index (Phi) is 36.2. The molecule has 13 aromatic rings. The second-order valence-electron chi connectivity index (χ2n) is 36.8. The van der Waals surface area contributed by atoms with Gasteiger partial charge in [-0.15, -0.1) is 34.0 Å². The number of aromatic nitrogens is 3. The monoisotopic (exact) mass is 2170 g/mol. The van der Waals surface area contributed by atoms with Crippen LogP contribution in [-0.4, -0.2) is 139 Å². The number of likely N-dealkylation sites (N-methyl/N-ethyl adjacent to an activating group) is 1. The van der Waals surface area contributed by atoms with E-state index in [-0.39, 0.29) is 36.5 Å². The van der Waals surface area contributed by atoms with E-state index in [0.29, 0.717) is 62.9 Å². The molecule has 1 N–H and O–H groups in total. The third-order valence-electron chi connectivity index (χ3n) is 22.2. The standard InChI is InChI=1S/C33H37ClN4O5S.C28H26ClFN2O5S.C22H23BrClNO3S.C12H15BFNO4.C6H3BrFNO2/c1-7-42-32(39)29(43-33(3,4)5)27-19(2)16-25-30(28(27)20-8-11-22(34)12-9-20)44-31(36-25)21-10-13-26(38(40)41)24(17-21)35-23-14-15-37(6)18-23;1-6-36-27(33)24(37-28(3,4)5)22-15(2)13-20-25(23(22)16-7-10-18(29)11-8-16)38-26(31-20)17-9-12-21(32(34)35)19(30)14-17;1-6-27-20(26)18(28-22(3,4)5)16-12(2)11-15-19(29-21(23)25-15)17(16)13-7-9-14(24)10-8-13;1-11(2)12(3,4)19-13(18-11)8-5-6-10(15(16)17)9(14)7-8;7-4-1-2-6(9(10)11)5(8)3-4/h8-13,16-17,23,29,35H,7,14-15,18H2,1-6H3;7-14,24H,6H2,1-5H3;7-11,18H,6H2,1-5H3;5-7H,1-4H3;1-3H/t23-,29-;24-;18-;;/m000../s1. The van der Waals surface area contributed by atoms with Crippen LogP contribution < -0.4 is 10.8 Å². The first-order valence-electron chi connectivity index (χ1n) is 44.4. The van der Waals surface area contributed by atoms with Crippen LogP contribution in [0.4, 0.5) is 41.6 Å². The molecule has 141 heavy (non-hydrogen) atoms. The molecule has 28 nitrogen and oxygen atoms in total. The summed E-state index contributed by atoms with van der Waals surface area (Å²) in [6.07, 6.45) is -1.95. The summed E-state index contributed by atoms with van der Waals surface area (Å²) in [6, 6.07) is 44.2. The van der Waals surface area contributed by atoms with Gasteiger partial charge in [-0.3, -0.25) is 40.5 Å². The molecule has 40 heteroatoms. The predicted octanol–water partition coefficient (Wildman–Crippen LogP) is 27.7. The van der Waals surface area contributed by atoms with Crippen LogP contribution in [0.25, 0.3) is 85.2 Å². The van der Waals surface area contributed by atoms with Gasteiger partial charge in [-0.1, -0.05) is 93.2 Å². The van der Waals surface area contributed by atoms with Crippen LogP contribution in [0.3, 0.4) is 0 Å². The molecule has 3 aromatic heterocycles. The number of nitrogens with one attached hydrogen (secondary N) is 1. The van der Waals surface area contributed by atoms with Gasteiger partial charge in [0.2, 0.25) is 11.6 Å². The van der Waals surface area contributed by atoms with Crippen LogP contribution in [0.5, 0.6) is 0 Å². The average Bonchev–Trinajstić information content (AvgIpc) is 1.55. The fourth-order valence-corrected chi connectivity index (χ4v) is 19.9. The second-order valence-corrected chi connectivity index (χ2v) is 43.3. The van der Waals surface area contributed by atoms with Crippen molar-refractivity contribution in [3.8, 4) is 54.5 Å². The number of nitro groups is 4. The quantitative estimate of drug-likeness (QED) is 0.0193. The van der Waals surface area contributed by atoms with Crippen molar-refractivity contribution in [2.45, 2.75) is 190 Å². The molecule has 0 radical (unpaired) electrons. The number of benzene rings is 10. The fraction of sp³-hybridized carbons (Fsp3) is 0.347. The average molecular weight is 2180 g/mol. The van der Waals surface area contributed by atoms with Crippen LogP contribution in [-0.2, 0) is 52.1 Å². The maximum absolute atomic E-state index is 14.4. The van der Waals surface area contributed by atoms with E-state index in [9.17, 15) is 68.0 Å². The van der Waals surface area contributed by atoms with Crippen molar-refractivity contribution < 1.29 is 85.0 Å². The number of nitrogens with zero attached hydrogens (tertiary/aromatic N) is 8. The number of esters is 3. The number of thiazole rings is 3. The number of hydrogen-bond acceptors (Lipinski definition) is 27. The number of aryl methyl sites for hydroxylation is 3. The molecule has 2 fully saturated rings. The van der Waals surface area contributed by atoms with Crippen molar-refractivity contribution in [1.82, 2.24) is 19.9 Å². The van der Waals surface area contributed by atoms with Crippen molar-refractivity contribution >= 4 is 190 Å². The molecule has 4 atom stereocenters. The number of halogens is 8. The minimum absolute atomic E-state index is 0.0287. The van der Waals surface area contributed by atoms with Crippen molar-refractivity contribution in [3.05, 3.63) is 279 Å². The van der Waals surface area contributed by atoms with Gasteiger partial charge in [-0.25, -0.2) is 29.3 Å². The molecule has 0 amide bonds. The molecule has 2 aliphatic rings. The van der Waals surface area contributed by atoms with Crippen LogP contribution >= 0.6 is 101 Å². The first-order valence-corrected chi connectivity index (χ1v) is 49.6. The lowest BCUT2D eigenvalue weighted by Crippen LogP contribution is -2.41. The Morgan fingerprint density at radius 1 is 0.482 bits per heavy atom. The number of hydrogen-bond donors (Lipinski definition) is 1. The normalized spacial score (nSPS) is 14.6. The second kappa shape index (κ2) is 46.2. The molecule has 0 saturated carbocycles. The van der Waals surface area contributed by atoms with Crippen LogP contribution in [0.1, 0.15) is 169 Å². The van der Waals surface area contributed by atoms with Crippen molar-refractivity contribution in [2.75, 3.05) is 45.3 Å². The highest BCUT2D eigenvalue weighted by molar-refractivity contribution is 9.11. The lowest BCUT2D eigenvalue weighted by molar-refractivity contribution is -0.387. The Hall–Kier alpha value is -10.9. The minimum atomic E-state index is -1.02. The summed E-state index contributed by atoms with van der Waals surface area (Å²) in [5.74, 6) is -4.04. The molecule has 10 aromatic carbocycles. The number of anilines is 1. The third-order valence-corrected chi connectivity index (χ3v) is 27.3. The van der Waals surface area contributed by atoms with E-state index in [1.54, 1.807) is 39.0 Å². The lowest BCUT2D eigenvalue weighted by atomic mass is 9.79. The Bertz CT molecular complexity index is 6850. The molecular weight excluding hydrogens is 2070 g/mol. The molecule has 0 spiro atoms. The van der Waals surface area contributed by atoms with Gasteiger partial charge >= 0.3 is 42.1 Å². The molecule has 0 aliphatic carbocycles. The maximum atomic E-state index is 14.4. The van der Waals surface area contributed by atoms with E-state index in [4.69, 9.17) is 82.5 Å². The molecule has 5 heterocycles. The smallest absolute Gasteiger partial charge is 0.464 e. The summed E-state index contributed by atoms with van der Waals surface area (Å²) in [5.41, 5.74) is 9.50. The number of carbonyl (C=O) groups is 3. The summed E-state index contributed by atoms with van der Waals surface area (Å²) in [4.78, 5) is 97.1. The fourth-order valence-electron chi connectivity index (χ4n) is 15.4. The van der Waals surface area contributed by atoms with E-state index in [0.717, 1.165) is 146 Å². The minimum Gasteiger partial charge on any atom is -0.464 e. The highest BCUT2D eigenvalue weighted by Gasteiger charge is 2.52. The topological polar surface area (TPSA) is 352 Å². The first-order chi connectivity index (χ1) is 66.1. The van der Waals surface area contributed by atoms with E-state index >= 15 is 0 Å². The Morgan fingerprint density at radius 2 is 0.809 bits per heavy atom. The van der Waals surface area contributed by atoms with Gasteiger partial charge in [0.1, 0.15) is 15.7 Å². The van der Waals surface area contributed by atoms with E-state index < -0.39 is 121 Å². The summed E-state index contributed by atoms with van der Waals surface area (Å²) < 4.78 is 91.2. The van der Waals surface area contributed by atoms with Crippen molar-refractivity contribution in [1.29, 1.82) is 0 Å². The van der Waals surface area contributed by atoms with E-state index in [1.807, 2.05) is 203 Å². The molecule has 2 aliphatic heterocycles. The highest BCUT2D eigenvalue weighted by atomic mass is 79.9. The van der Waals surface area contributed by atoms with Gasteiger partial charge in [0.15, 0.2) is 28.0 Å². The van der Waals surface area contributed by atoms with Crippen molar-refractivity contribution in [2.24, 2.45) is 0 Å². The van der Waals surface area contributed by atoms with Gasteiger partial charge in [0.25, 0.3) is 5.69 Å². The van der Waals surface area contributed by atoms with Gasteiger partial charge in [0, 0.05) is 101 Å². The van der Waals surface area contributed by atoms with Crippen LogP contribution in [0.15, 0.2) is 172 Å². The van der Waals surface area contributed by atoms with Crippen molar-refractivity contribution in [3.63, 3.8) is 0 Å². The first kappa shape index (κ1) is 110. The Balaban J connectivity index is 0.000000178. The van der Waals surface area contributed by atoms with E-state index in [1.165, 1.54) is 58.3 Å². The number of rotatable bonds is 24. The van der Waals surface area contributed by atoms with Gasteiger partial charge in [-0.05, 0) is 303 Å². The lowest BCUT2D eigenvalue weighted by Gasteiger charge is -2.32. The SMILES string of the molecule is CC1(C)OB(c2ccc([N+](=O)[O-])c(F)c2)OC1(C)C.CCOC(=O)[C@@H](OC(C)(C)C)c1c(C)cc2nc(-c3ccc([N+](=O)[O-])c(F)c3)sc2c1-c1ccc(Cl)cc1.CCOC(=O)[C@@H](OC(C)(C)C)c1c(C)cc2nc(-c3ccc([N+](=O)[O-])c(N[C@H]4CCN(C)C4)c3)sc2c1-c1ccc(Cl)cc1.CCOC(=O)[C@@H](OC(C)(C)C)c1c(C)cc2nc(Br)sc2c1-c1ccc(Cl)cc1.O=[N+]([O-])c1ccc(Br)cc1F. The number of ether oxygens (including phenoxy) is 6. The maximum Gasteiger partial charge on any atom is 0.494 e. The van der Waals surface area contributed by atoms with Gasteiger partial charge in [0.05, 0.1) is 98.2 Å². The highest BCUT2D eigenvalue weighted by Crippen LogP contribution is 2.50. The molecular formula is C101H104BBr2Cl3F3N9O19S3.